The van der Waals surface area contributed by atoms with E-state index in [1.54, 1.807) is 11.3 Å². The van der Waals surface area contributed by atoms with Crippen LogP contribution in [0.4, 0.5) is 0 Å². The Hall–Kier alpha value is -2.17. The lowest BCUT2D eigenvalue weighted by Gasteiger charge is -2.29. The molecule has 2 aromatic carbocycles. The molecule has 3 aromatic rings. The van der Waals surface area contributed by atoms with Gasteiger partial charge >= 0.3 is 0 Å². The zero-order valence-corrected chi connectivity index (χ0v) is 16.5. The molecule has 0 saturated heterocycles. The molecule has 0 saturated carbocycles. The molecule has 1 aromatic heterocycles. The summed E-state index contributed by atoms with van der Waals surface area (Å²) < 4.78 is 6.18. The number of hydrogen-bond acceptors (Lipinski definition) is 4. The van der Waals surface area contributed by atoms with E-state index in [9.17, 15) is 0 Å². The van der Waals surface area contributed by atoms with E-state index in [0.717, 1.165) is 47.1 Å². The highest BCUT2D eigenvalue weighted by atomic mass is 32.1. The van der Waals surface area contributed by atoms with Gasteiger partial charge in [-0.15, -0.1) is 11.3 Å². The van der Waals surface area contributed by atoms with Crippen LogP contribution in [-0.2, 0) is 0 Å². The van der Waals surface area contributed by atoms with E-state index in [4.69, 9.17) is 9.72 Å². The fourth-order valence-electron chi connectivity index (χ4n) is 3.03. The van der Waals surface area contributed by atoms with Gasteiger partial charge in [-0.3, -0.25) is 4.90 Å². The first-order valence-corrected chi connectivity index (χ1v) is 10.1. The topological polar surface area (TPSA) is 25.4 Å². The summed E-state index contributed by atoms with van der Waals surface area (Å²) in [6, 6.07) is 18.6. The summed E-state index contributed by atoms with van der Waals surface area (Å²) in [4.78, 5) is 7.12. The van der Waals surface area contributed by atoms with Crippen LogP contribution in [0.15, 0.2) is 60.0 Å². The van der Waals surface area contributed by atoms with E-state index in [1.807, 2.05) is 30.3 Å². The number of nitrogens with zero attached hydrogens (tertiary/aromatic N) is 2. The SMILES string of the molecule is CCC(Oc1ccc(-c2csc(-c3ccccc3)n2)cc1)N(CC)CC. The van der Waals surface area contributed by atoms with Crippen molar-refractivity contribution in [3.63, 3.8) is 0 Å². The maximum Gasteiger partial charge on any atom is 0.152 e. The van der Waals surface area contributed by atoms with Crippen LogP contribution in [0.1, 0.15) is 27.2 Å². The molecule has 0 spiro atoms. The highest BCUT2D eigenvalue weighted by Gasteiger charge is 2.15. The molecule has 136 valence electrons. The van der Waals surface area contributed by atoms with Gasteiger partial charge in [0.15, 0.2) is 6.23 Å². The lowest BCUT2D eigenvalue weighted by Crippen LogP contribution is -2.38. The highest BCUT2D eigenvalue weighted by molar-refractivity contribution is 7.13. The van der Waals surface area contributed by atoms with Crippen molar-refractivity contribution in [1.82, 2.24) is 9.88 Å². The van der Waals surface area contributed by atoms with Crippen molar-refractivity contribution in [2.24, 2.45) is 0 Å². The van der Waals surface area contributed by atoms with Crippen molar-refractivity contribution >= 4 is 11.3 Å². The molecule has 26 heavy (non-hydrogen) atoms. The van der Waals surface area contributed by atoms with Gasteiger partial charge in [-0.1, -0.05) is 51.1 Å². The maximum absolute atomic E-state index is 6.18. The fourth-order valence-corrected chi connectivity index (χ4v) is 3.86. The Kier molecular flexibility index (Phi) is 6.42. The summed E-state index contributed by atoms with van der Waals surface area (Å²) in [6.07, 6.45) is 1.09. The quantitative estimate of drug-likeness (QED) is 0.462. The second kappa shape index (κ2) is 8.97. The first-order valence-electron chi connectivity index (χ1n) is 9.27. The van der Waals surface area contributed by atoms with E-state index in [2.05, 4.69) is 55.3 Å². The normalized spacial score (nSPS) is 12.3. The zero-order chi connectivity index (χ0) is 18.4. The summed E-state index contributed by atoms with van der Waals surface area (Å²) >= 11 is 1.68. The number of benzene rings is 2. The molecule has 0 N–H and O–H groups in total. The number of aromatic nitrogens is 1. The van der Waals surface area contributed by atoms with Crippen molar-refractivity contribution in [3.05, 3.63) is 60.0 Å². The van der Waals surface area contributed by atoms with E-state index in [1.165, 1.54) is 0 Å². The molecule has 1 unspecified atom stereocenters. The molecule has 3 nitrogen and oxygen atoms in total. The van der Waals surface area contributed by atoms with Gasteiger partial charge in [0.1, 0.15) is 10.8 Å². The van der Waals surface area contributed by atoms with Gasteiger partial charge in [-0.05, 0) is 43.8 Å². The lowest BCUT2D eigenvalue weighted by molar-refractivity contribution is 0.0299. The first kappa shape index (κ1) is 18.6. The number of rotatable bonds is 8. The van der Waals surface area contributed by atoms with Gasteiger partial charge in [-0.25, -0.2) is 4.98 Å². The largest absolute Gasteiger partial charge is 0.475 e. The number of thiazole rings is 1. The Morgan fingerprint density at radius 1 is 0.923 bits per heavy atom. The monoisotopic (exact) mass is 366 g/mol. The molecule has 0 amide bonds. The average Bonchev–Trinajstić information content (AvgIpc) is 3.19. The third-order valence-corrected chi connectivity index (χ3v) is 5.41. The minimum Gasteiger partial charge on any atom is -0.475 e. The van der Waals surface area contributed by atoms with Crippen LogP contribution in [0.5, 0.6) is 5.75 Å². The van der Waals surface area contributed by atoms with Crippen LogP contribution in [0, 0.1) is 0 Å². The van der Waals surface area contributed by atoms with Gasteiger partial charge in [0, 0.05) is 16.5 Å². The van der Waals surface area contributed by atoms with Crippen LogP contribution in [0.2, 0.25) is 0 Å². The molecule has 0 radical (unpaired) electrons. The van der Waals surface area contributed by atoms with E-state index in [-0.39, 0.29) is 6.23 Å². The molecular formula is C22H26N2OS. The van der Waals surface area contributed by atoms with Gasteiger partial charge in [0.2, 0.25) is 0 Å². The van der Waals surface area contributed by atoms with E-state index >= 15 is 0 Å². The van der Waals surface area contributed by atoms with Crippen molar-refractivity contribution in [1.29, 1.82) is 0 Å². The van der Waals surface area contributed by atoms with Crippen molar-refractivity contribution < 1.29 is 4.74 Å². The Balaban J connectivity index is 1.73. The van der Waals surface area contributed by atoms with E-state index < -0.39 is 0 Å². The van der Waals surface area contributed by atoms with Crippen LogP contribution in [0.3, 0.4) is 0 Å². The van der Waals surface area contributed by atoms with Crippen LogP contribution >= 0.6 is 11.3 Å². The maximum atomic E-state index is 6.18. The molecule has 0 aliphatic heterocycles. The Labute approximate surface area is 160 Å². The fraction of sp³-hybridized carbons (Fsp3) is 0.318. The van der Waals surface area contributed by atoms with Crippen LogP contribution < -0.4 is 4.74 Å². The Morgan fingerprint density at radius 2 is 1.62 bits per heavy atom. The Bertz CT molecular complexity index is 795. The second-order valence-corrected chi connectivity index (χ2v) is 6.99. The standard InChI is InChI=1S/C22H26N2OS/c1-4-21(24(5-2)6-3)25-19-14-12-17(13-15-19)20-16-26-22(23-20)18-10-8-7-9-11-18/h7-16,21H,4-6H2,1-3H3. The lowest BCUT2D eigenvalue weighted by atomic mass is 10.1. The summed E-state index contributed by atoms with van der Waals surface area (Å²) in [5, 5.41) is 3.16. The van der Waals surface area contributed by atoms with Gasteiger partial charge in [-0.2, -0.15) is 0 Å². The van der Waals surface area contributed by atoms with E-state index in [0.29, 0.717) is 0 Å². The third-order valence-electron chi connectivity index (χ3n) is 4.52. The second-order valence-electron chi connectivity index (χ2n) is 6.13. The summed E-state index contributed by atoms with van der Waals surface area (Å²) in [5.74, 6) is 0.908. The van der Waals surface area contributed by atoms with Crippen LogP contribution in [-0.4, -0.2) is 29.2 Å². The average molecular weight is 367 g/mol. The summed E-state index contributed by atoms with van der Waals surface area (Å²) in [6.45, 7) is 8.50. The molecule has 1 heterocycles. The summed E-state index contributed by atoms with van der Waals surface area (Å²) in [5.41, 5.74) is 3.29. The smallest absolute Gasteiger partial charge is 0.152 e. The predicted octanol–water partition coefficient (Wildman–Crippen LogP) is 5.93. The molecule has 0 fully saturated rings. The van der Waals surface area contributed by atoms with Crippen molar-refractivity contribution in [3.8, 4) is 27.6 Å². The predicted molar refractivity (Wildman–Crippen MR) is 111 cm³/mol. The third kappa shape index (κ3) is 4.32. The zero-order valence-electron chi connectivity index (χ0n) is 15.7. The number of hydrogen-bond donors (Lipinski definition) is 0. The van der Waals surface area contributed by atoms with Gasteiger partial charge in [0.25, 0.3) is 0 Å². The van der Waals surface area contributed by atoms with Crippen molar-refractivity contribution in [2.45, 2.75) is 33.4 Å². The van der Waals surface area contributed by atoms with Gasteiger partial charge in [0.05, 0.1) is 5.69 Å². The minimum atomic E-state index is 0.125. The van der Waals surface area contributed by atoms with Gasteiger partial charge < -0.3 is 4.74 Å². The van der Waals surface area contributed by atoms with Crippen LogP contribution in [0.25, 0.3) is 21.8 Å². The molecule has 3 rings (SSSR count). The molecular weight excluding hydrogens is 340 g/mol. The first-order chi connectivity index (χ1) is 12.7. The molecule has 4 heteroatoms. The number of ether oxygens (including phenoxy) is 1. The Morgan fingerprint density at radius 3 is 2.23 bits per heavy atom. The highest BCUT2D eigenvalue weighted by Crippen LogP contribution is 2.29. The minimum absolute atomic E-state index is 0.125. The van der Waals surface area contributed by atoms with Crippen molar-refractivity contribution in [2.75, 3.05) is 13.1 Å². The molecule has 0 aliphatic carbocycles. The molecule has 0 aliphatic rings. The molecule has 1 atom stereocenters. The molecule has 0 bridgehead atoms. The summed E-state index contributed by atoms with van der Waals surface area (Å²) in [7, 11) is 0.